The highest BCUT2D eigenvalue weighted by Crippen LogP contribution is 2.31. The molecule has 1 atom stereocenters. The first-order chi connectivity index (χ1) is 10.7. The van der Waals surface area contributed by atoms with Crippen molar-refractivity contribution in [1.82, 2.24) is 4.90 Å². The van der Waals surface area contributed by atoms with Gasteiger partial charge in [-0.3, -0.25) is 4.79 Å². The summed E-state index contributed by atoms with van der Waals surface area (Å²) >= 11 is 0. The van der Waals surface area contributed by atoms with E-state index in [1.807, 2.05) is 0 Å². The number of aryl methyl sites for hydroxylation is 2. The Hall–Kier alpha value is -1.77. The number of carbonyl (C=O) groups excluding carboxylic acids is 1. The second-order valence-corrected chi connectivity index (χ2v) is 6.84. The number of fused-ring (bicyclic) bond motifs is 2. The van der Waals surface area contributed by atoms with Gasteiger partial charge in [-0.1, -0.05) is 0 Å². The number of furan rings is 1. The molecule has 2 heterocycles. The zero-order valence-electron chi connectivity index (χ0n) is 13.2. The van der Waals surface area contributed by atoms with E-state index in [0.717, 1.165) is 48.8 Å². The molecule has 2 aromatic rings. The lowest BCUT2D eigenvalue weighted by atomic mass is 10.0. The maximum Gasteiger partial charge on any atom is 0.227 e. The van der Waals surface area contributed by atoms with E-state index >= 15 is 0 Å². The van der Waals surface area contributed by atoms with Crippen LogP contribution in [0.4, 0.5) is 0 Å². The summed E-state index contributed by atoms with van der Waals surface area (Å²) in [5, 5.41) is 1.14. The quantitative estimate of drug-likeness (QED) is 0.843. The van der Waals surface area contributed by atoms with Gasteiger partial charge >= 0.3 is 0 Å². The van der Waals surface area contributed by atoms with Crippen LogP contribution in [0.3, 0.4) is 0 Å². The monoisotopic (exact) mass is 297 g/mol. The molecule has 1 aromatic carbocycles. The number of nitrogens with zero attached hydrogens (tertiary/aromatic N) is 1. The first kappa shape index (κ1) is 13.9. The third-order valence-electron chi connectivity index (χ3n) is 5.33. The third kappa shape index (κ3) is 2.33. The van der Waals surface area contributed by atoms with Gasteiger partial charge in [0.15, 0.2) is 0 Å². The first-order valence-corrected chi connectivity index (χ1v) is 8.54. The van der Waals surface area contributed by atoms with Gasteiger partial charge in [0.1, 0.15) is 5.58 Å². The average molecular weight is 297 g/mol. The van der Waals surface area contributed by atoms with Gasteiger partial charge < -0.3 is 9.32 Å². The van der Waals surface area contributed by atoms with Crippen molar-refractivity contribution in [3.8, 4) is 0 Å². The molecule has 1 fully saturated rings. The van der Waals surface area contributed by atoms with Gasteiger partial charge in [0.25, 0.3) is 0 Å². The molecule has 2 aliphatic rings. The fourth-order valence-electron chi connectivity index (χ4n) is 4.02. The molecule has 0 saturated carbocycles. The fourth-order valence-corrected chi connectivity index (χ4v) is 4.02. The van der Waals surface area contributed by atoms with E-state index in [2.05, 4.69) is 24.0 Å². The molecule has 1 saturated heterocycles. The molecule has 3 nitrogen and oxygen atoms in total. The van der Waals surface area contributed by atoms with Crippen molar-refractivity contribution >= 4 is 16.9 Å². The summed E-state index contributed by atoms with van der Waals surface area (Å²) < 4.78 is 5.72. The molecule has 3 heteroatoms. The van der Waals surface area contributed by atoms with Crippen LogP contribution >= 0.6 is 0 Å². The molecular weight excluding hydrogens is 274 g/mol. The van der Waals surface area contributed by atoms with Gasteiger partial charge in [-0.15, -0.1) is 0 Å². The normalized spacial score (nSPS) is 21.3. The van der Waals surface area contributed by atoms with Crippen LogP contribution in [-0.2, 0) is 24.1 Å². The number of carbonyl (C=O) groups is 1. The predicted octanol–water partition coefficient (Wildman–Crippen LogP) is 3.87. The molecule has 1 aliphatic carbocycles. The highest BCUT2D eigenvalue weighted by molar-refractivity contribution is 5.88. The van der Waals surface area contributed by atoms with E-state index in [-0.39, 0.29) is 5.91 Å². The summed E-state index contributed by atoms with van der Waals surface area (Å²) in [5.41, 5.74) is 4.85. The molecule has 4 rings (SSSR count). The maximum absolute atomic E-state index is 12.6. The van der Waals surface area contributed by atoms with Crippen molar-refractivity contribution in [3.05, 3.63) is 35.1 Å². The highest BCUT2D eigenvalue weighted by Gasteiger charge is 2.24. The van der Waals surface area contributed by atoms with E-state index in [1.165, 1.54) is 24.0 Å². The van der Waals surface area contributed by atoms with Crippen molar-refractivity contribution in [2.45, 2.75) is 57.9 Å². The van der Waals surface area contributed by atoms with E-state index in [0.29, 0.717) is 12.5 Å². The number of amides is 1. The molecule has 22 heavy (non-hydrogen) atoms. The summed E-state index contributed by atoms with van der Waals surface area (Å²) in [4.78, 5) is 14.7. The Labute approximate surface area is 131 Å². The Morgan fingerprint density at radius 1 is 1.23 bits per heavy atom. The zero-order valence-corrected chi connectivity index (χ0v) is 13.2. The van der Waals surface area contributed by atoms with Crippen molar-refractivity contribution in [2.75, 3.05) is 6.54 Å². The maximum atomic E-state index is 12.6. The highest BCUT2D eigenvalue weighted by atomic mass is 16.3. The molecule has 1 amide bonds. The minimum atomic E-state index is 0.246. The second-order valence-electron chi connectivity index (χ2n) is 6.84. The first-order valence-electron chi connectivity index (χ1n) is 8.54. The molecule has 0 bridgehead atoms. The Balaban J connectivity index is 1.60. The lowest BCUT2D eigenvalue weighted by molar-refractivity contribution is -0.133. The number of hydrogen-bond acceptors (Lipinski definition) is 2. The summed E-state index contributed by atoms with van der Waals surface area (Å²) in [6.07, 6.45) is 9.31. The van der Waals surface area contributed by atoms with Crippen molar-refractivity contribution in [2.24, 2.45) is 0 Å². The minimum Gasteiger partial charge on any atom is -0.464 e. The molecule has 0 spiro atoms. The van der Waals surface area contributed by atoms with Gasteiger partial charge in [-0.05, 0) is 68.7 Å². The molecule has 116 valence electrons. The van der Waals surface area contributed by atoms with Crippen LogP contribution in [0.2, 0.25) is 0 Å². The summed E-state index contributed by atoms with van der Waals surface area (Å²) in [5.74, 6) is 0.246. The molecular formula is C19H23NO2. The second kappa shape index (κ2) is 5.45. The van der Waals surface area contributed by atoms with Crippen molar-refractivity contribution < 1.29 is 9.21 Å². The van der Waals surface area contributed by atoms with Gasteiger partial charge in [-0.2, -0.15) is 0 Å². The van der Waals surface area contributed by atoms with Gasteiger partial charge in [0.05, 0.1) is 12.7 Å². The molecule has 1 aliphatic heterocycles. The Kier molecular flexibility index (Phi) is 3.44. The predicted molar refractivity (Wildman–Crippen MR) is 87.0 cm³/mol. The largest absolute Gasteiger partial charge is 0.464 e. The van der Waals surface area contributed by atoms with Crippen molar-refractivity contribution in [1.29, 1.82) is 0 Å². The molecule has 0 N–H and O–H groups in total. The summed E-state index contributed by atoms with van der Waals surface area (Å²) in [7, 11) is 0. The Morgan fingerprint density at radius 3 is 2.86 bits per heavy atom. The molecule has 1 unspecified atom stereocenters. The SMILES string of the molecule is CC1CCCCN1C(=O)Cc1coc2cc3c(cc12)CCC3. The van der Waals surface area contributed by atoms with E-state index in [4.69, 9.17) is 4.42 Å². The van der Waals surface area contributed by atoms with Crippen LogP contribution in [0.1, 0.15) is 49.3 Å². The van der Waals surface area contributed by atoms with Gasteiger partial charge in [0.2, 0.25) is 5.91 Å². The van der Waals surface area contributed by atoms with Crippen molar-refractivity contribution in [3.63, 3.8) is 0 Å². The van der Waals surface area contributed by atoms with Gasteiger partial charge in [-0.25, -0.2) is 0 Å². The van der Waals surface area contributed by atoms with Gasteiger partial charge in [0, 0.05) is 23.5 Å². The standard InChI is InChI=1S/C19H23NO2/c1-13-5-2-3-8-20(13)19(21)11-16-12-22-18-10-15-7-4-6-14(15)9-17(16)18/h9-10,12-13H,2-8,11H2,1H3. The minimum absolute atomic E-state index is 0.246. The van der Waals surface area contributed by atoms with E-state index in [1.54, 1.807) is 6.26 Å². The van der Waals surface area contributed by atoms with Crippen LogP contribution in [0.15, 0.2) is 22.8 Å². The average Bonchev–Trinajstić information content (AvgIpc) is 3.12. The fraction of sp³-hybridized carbons (Fsp3) is 0.526. The van der Waals surface area contributed by atoms with Crippen LogP contribution in [0, 0.1) is 0 Å². The lowest BCUT2D eigenvalue weighted by Gasteiger charge is -2.33. The van der Waals surface area contributed by atoms with Crippen LogP contribution in [0.25, 0.3) is 11.0 Å². The van der Waals surface area contributed by atoms with Crippen LogP contribution in [0.5, 0.6) is 0 Å². The van der Waals surface area contributed by atoms with E-state index in [9.17, 15) is 4.79 Å². The third-order valence-corrected chi connectivity index (χ3v) is 5.33. The van der Waals surface area contributed by atoms with Crippen LogP contribution in [-0.4, -0.2) is 23.4 Å². The molecule has 1 aromatic heterocycles. The summed E-state index contributed by atoms with van der Waals surface area (Å²) in [6, 6.07) is 4.81. The number of rotatable bonds is 2. The lowest BCUT2D eigenvalue weighted by Crippen LogP contribution is -2.42. The van der Waals surface area contributed by atoms with E-state index < -0.39 is 0 Å². The number of piperidine rings is 1. The Morgan fingerprint density at radius 2 is 2.05 bits per heavy atom. The van der Waals surface area contributed by atoms with Crippen LogP contribution < -0.4 is 0 Å². The topological polar surface area (TPSA) is 33.5 Å². The zero-order chi connectivity index (χ0) is 15.1. The Bertz CT molecular complexity index is 716. The number of hydrogen-bond donors (Lipinski definition) is 0. The smallest absolute Gasteiger partial charge is 0.227 e. The number of likely N-dealkylation sites (tertiary alicyclic amines) is 1. The molecule has 0 radical (unpaired) electrons. The number of benzene rings is 1. The summed E-state index contributed by atoms with van der Waals surface area (Å²) in [6.45, 7) is 3.07.